The Morgan fingerprint density at radius 1 is 1.08 bits per heavy atom. The van der Waals surface area contributed by atoms with Gasteiger partial charge in [0.05, 0.1) is 12.6 Å². The summed E-state index contributed by atoms with van der Waals surface area (Å²) in [5.41, 5.74) is 0.955. The van der Waals surface area contributed by atoms with Gasteiger partial charge in [-0.3, -0.25) is 4.90 Å². The number of methoxy groups -OCH3 is 1. The van der Waals surface area contributed by atoms with E-state index in [1.807, 2.05) is 30.3 Å². The molecular formula is C19H27NO5. The summed E-state index contributed by atoms with van der Waals surface area (Å²) in [6.07, 6.45) is 1.19. The Morgan fingerprint density at radius 2 is 1.84 bits per heavy atom. The Morgan fingerprint density at radius 3 is 2.56 bits per heavy atom. The number of rotatable bonds is 3. The van der Waals surface area contributed by atoms with E-state index in [-0.39, 0.29) is 12.1 Å². The highest BCUT2D eigenvalue weighted by atomic mass is 16.7. The van der Waals surface area contributed by atoms with Crippen molar-refractivity contribution < 1.29 is 24.1 Å². The van der Waals surface area contributed by atoms with Crippen molar-refractivity contribution in [2.75, 3.05) is 26.8 Å². The molecule has 1 N–H and O–H groups in total. The molecule has 3 aliphatic rings. The van der Waals surface area contributed by atoms with Gasteiger partial charge in [-0.1, -0.05) is 36.8 Å². The van der Waals surface area contributed by atoms with Crippen molar-refractivity contribution in [2.45, 2.75) is 56.2 Å². The fourth-order valence-electron chi connectivity index (χ4n) is 4.16. The highest BCUT2D eigenvalue weighted by molar-refractivity contribution is 5.16. The van der Waals surface area contributed by atoms with Crippen molar-refractivity contribution in [3.05, 3.63) is 35.9 Å². The number of benzene rings is 1. The van der Waals surface area contributed by atoms with Gasteiger partial charge in [-0.2, -0.15) is 0 Å². The zero-order chi connectivity index (χ0) is 17.2. The maximum atomic E-state index is 11.1. The fourth-order valence-corrected chi connectivity index (χ4v) is 4.16. The van der Waals surface area contributed by atoms with E-state index >= 15 is 0 Å². The molecule has 25 heavy (non-hydrogen) atoms. The molecule has 0 amide bonds. The number of hydrogen-bond donors (Lipinski definition) is 1. The minimum Gasteiger partial charge on any atom is -0.388 e. The molecular weight excluding hydrogens is 322 g/mol. The average Bonchev–Trinajstić information content (AvgIpc) is 2.69. The summed E-state index contributed by atoms with van der Waals surface area (Å²) in [5.74, 6) is 0. The number of aliphatic hydroxyl groups is 1. The van der Waals surface area contributed by atoms with E-state index in [1.165, 1.54) is 6.42 Å². The molecule has 3 fully saturated rings. The molecule has 6 heteroatoms. The number of ether oxygens (including phenoxy) is 4. The summed E-state index contributed by atoms with van der Waals surface area (Å²) in [5, 5.41) is 11.1. The summed E-state index contributed by atoms with van der Waals surface area (Å²) in [6, 6.07) is 9.62. The number of fused-ring (bicyclic) bond motifs is 1. The Balaban J connectivity index is 1.52. The molecule has 4 rings (SSSR count). The average molecular weight is 349 g/mol. The monoisotopic (exact) mass is 349 g/mol. The number of aliphatic hydroxyl groups excluding tert-OH is 1. The van der Waals surface area contributed by atoms with Gasteiger partial charge < -0.3 is 24.1 Å². The highest BCUT2D eigenvalue weighted by Crippen LogP contribution is 2.36. The highest BCUT2D eigenvalue weighted by Gasteiger charge is 2.51. The topological polar surface area (TPSA) is 60.4 Å². The Hall–Kier alpha value is -1.02. The van der Waals surface area contributed by atoms with E-state index in [2.05, 4.69) is 4.90 Å². The van der Waals surface area contributed by atoms with Crippen molar-refractivity contribution in [1.82, 2.24) is 4.90 Å². The van der Waals surface area contributed by atoms with Gasteiger partial charge >= 0.3 is 0 Å². The van der Waals surface area contributed by atoms with Crippen LogP contribution in [0.1, 0.15) is 31.1 Å². The molecule has 6 atom stereocenters. The lowest BCUT2D eigenvalue weighted by molar-refractivity contribution is -0.350. The molecule has 0 aliphatic carbocycles. The van der Waals surface area contributed by atoms with Crippen LogP contribution in [0.15, 0.2) is 30.3 Å². The second-order valence-electron chi connectivity index (χ2n) is 7.03. The first-order chi connectivity index (χ1) is 12.3. The molecule has 0 bridgehead atoms. The first-order valence-corrected chi connectivity index (χ1v) is 9.20. The Labute approximate surface area is 148 Å². The van der Waals surface area contributed by atoms with Crippen molar-refractivity contribution in [3.8, 4) is 0 Å². The minimum atomic E-state index is -0.670. The lowest BCUT2D eigenvalue weighted by atomic mass is 9.93. The first-order valence-electron chi connectivity index (χ1n) is 9.20. The fraction of sp³-hybridized carbons (Fsp3) is 0.684. The van der Waals surface area contributed by atoms with Crippen LogP contribution >= 0.6 is 0 Å². The van der Waals surface area contributed by atoms with Gasteiger partial charge in [-0.15, -0.1) is 0 Å². The van der Waals surface area contributed by atoms with E-state index in [0.29, 0.717) is 6.61 Å². The summed E-state index contributed by atoms with van der Waals surface area (Å²) in [6.45, 7) is 2.30. The van der Waals surface area contributed by atoms with Crippen LogP contribution in [0.5, 0.6) is 0 Å². The van der Waals surface area contributed by atoms with E-state index in [9.17, 15) is 5.11 Å². The van der Waals surface area contributed by atoms with Crippen molar-refractivity contribution >= 4 is 0 Å². The number of nitrogens with zero attached hydrogens (tertiary/aromatic N) is 1. The van der Waals surface area contributed by atoms with Crippen LogP contribution in [0, 0.1) is 0 Å². The standard InChI is InChI=1S/C19H27NO5/c1-22-19-15(20-10-6-3-7-11-20)16(21)17-14(24-19)12-23-18(25-17)13-8-4-2-5-9-13/h2,4-5,8-9,14-19,21H,3,6-7,10-12H2,1H3/t14-,15-,16-,17-,18-,19+/m1/s1. The smallest absolute Gasteiger partial charge is 0.184 e. The van der Waals surface area contributed by atoms with Crippen LogP contribution in [0.3, 0.4) is 0 Å². The SMILES string of the molecule is CO[C@H]1O[C@@H]2CO[C@@H](c3ccccc3)O[C@H]2[C@H](O)[C@H]1N1CCCCC1. The molecule has 0 spiro atoms. The second-order valence-corrected chi connectivity index (χ2v) is 7.03. The van der Waals surface area contributed by atoms with Crippen LogP contribution in [0.2, 0.25) is 0 Å². The van der Waals surface area contributed by atoms with Crippen LogP contribution in [-0.4, -0.2) is 67.5 Å². The van der Waals surface area contributed by atoms with Gasteiger partial charge in [0.15, 0.2) is 12.6 Å². The Kier molecular flexibility index (Phi) is 5.36. The maximum absolute atomic E-state index is 11.1. The van der Waals surface area contributed by atoms with Crippen LogP contribution < -0.4 is 0 Å². The molecule has 0 radical (unpaired) electrons. The maximum Gasteiger partial charge on any atom is 0.184 e. The number of piperidine rings is 1. The molecule has 3 aliphatic heterocycles. The molecule has 1 aromatic carbocycles. The van der Waals surface area contributed by atoms with Gasteiger partial charge in [0, 0.05) is 12.7 Å². The molecule has 6 nitrogen and oxygen atoms in total. The molecule has 0 saturated carbocycles. The summed E-state index contributed by atoms with van der Waals surface area (Å²) < 4.78 is 23.6. The molecule has 3 heterocycles. The summed E-state index contributed by atoms with van der Waals surface area (Å²) >= 11 is 0. The molecule has 3 saturated heterocycles. The third-order valence-electron chi connectivity index (χ3n) is 5.45. The zero-order valence-corrected chi connectivity index (χ0v) is 14.6. The number of likely N-dealkylation sites (tertiary alicyclic amines) is 1. The molecule has 1 aromatic rings. The van der Waals surface area contributed by atoms with Gasteiger partial charge in [-0.25, -0.2) is 0 Å². The van der Waals surface area contributed by atoms with Crippen LogP contribution in [0.4, 0.5) is 0 Å². The van der Waals surface area contributed by atoms with E-state index in [0.717, 1.165) is 31.5 Å². The van der Waals surface area contributed by atoms with Crippen LogP contribution in [-0.2, 0) is 18.9 Å². The third kappa shape index (κ3) is 3.47. The lowest BCUT2D eigenvalue weighted by Gasteiger charge is -2.51. The van der Waals surface area contributed by atoms with Crippen molar-refractivity contribution in [3.63, 3.8) is 0 Å². The Bertz CT molecular complexity index is 550. The second kappa shape index (κ2) is 7.70. The molecule has 138 valence electrons. The predicted molar refractivity (Wildman–Crippen MR) is 90.9 cm³/mol. The van der Waals surface area contributed by atoms with Crippen LogP contribution in [0.25, 0.3) is 0 Å². The quantitative estimate of drug-likeness (QED) is 0.896. The van der Waals surface area contributed by atoms with Crippen molar-refractivity contribution in [1.29, 1.82) is 0 Å². The largest absolute Gasteiger partial charge is 0.388 e. The summed E-state index contributed by atoms with van der Waals surface area (Å²) in [4.78, 5) is 2.29. The summed E-state index contributed by atoms with van der Waals surface area (Å²) in [7, 11) is 1.63. The number of hydrogen-bond acceptors (Lipinski definition) is 6. The minimum absolute atomic E-state index is 0.207. The lowest BCUT2D eigenvalue weighted by Crippen LogP contribution is -2.67. The normalized spacial score (nSPS) is 39.8. The third-order valence-corrected chi connectivity index (χ3v) is 5.45. The predicted octanol–water partition coefficient (Wildman–Crippen LogP) is 1.69. The van der Waals surface area contributed by atoms with E-state index < -0.39 is 24.8 Å². The molecule has 0 unspecified atom stereocenters. The van der Waals surface area contributed by atoms with Gasteiger partial charge in [0.25, 0.3) is 0 Å². The first kappa shape index (κ1) is 17.4. The van der Waals surface area contributed by atoms with E-state index in [1.54, 1.807) is 7.11 Å². The molecule has 0 aromatic heterocycles. The van der Waals surface area contributed by atoms with Gasteiger partial charge in [-0.05, 0) is 25.9 Å². The van der Waals surface area contributed by atoms with E-state index in [4.69, 9.17) is 18.9 Å². The van der Waals surface area contributed by atoms with Gasteiger partial charge in [0.2, 0.25) is 0 Å². The van der Waals surface area contributed by atoms with Gasteiger partial charge in [0.1, 0.15) is 18.3 Å². The van der Waals surface area contributed by atoms with Crippen molar-refractivity contribution in [2.24, 2.45) is 0 Å². The zero-order valence-electron chi connectivity index (χ0n) is 14.6.